The molecule has 0 fully saturated rings. The fraction of sp³-hybridized carbons (Fsp3) is 0.200. The number of carbonyl (C=O) groups is 1. The van der Waals surface area contributed by atoms with Crippen LogP contribution in [0.5, 0.6) is 0 Å². The summed E-state index contributed by atoms with van der Waals surface area (Å²) in [7, 11) is 0. The number of aromatic nitrogens is 1. The molecule has 1 aromatic carbocycles. The topological polar surface area (TPSA) is 33.2 Å². The molecule has 2 aromatic rings. The number of carbonyl (C=O) groups excluding carboxylic acids is 1. The normalized spacial score (nSPS) is 13.5. The molecule has 3 nitrogen and oxygen atoms in total. The maximum atomic E-state index is 12.5. The molecular formula is C15H14N2O. The van der Waals surface area contributed by atoms with Crippen molar-refractivity contribution >= 4 is 11.6 Å². The number of pyridine rings is 1. The summed E-state index contributed by atoms with van der Waals surface area (Å²) in [6.45, 7) is 2.68. The van der Waals surface area contributed by atoms with Crippen LogP contribution in [0.15, 0.2) is 42.7 Å². The summed E-state index contributed by atoms with van der Waals surface area (Å²) in [5.74, 6) is 0.0693. The largest absolute Gasteiger partial charge is 0.308 e. The number of para-hydroxylation sites is 1. The van der Waals surface area contributed by atoms with E-state index in [1.54, 1.807) is 18.5 Å². The Labute approximate surface area is 106 Å². The molecule has 0 bridgehead atoms. The Bertz CT molecular complexity index is 607. The molecule has 1 aromatic heterocycles. The van der Waals surface area contributed by atoms with Crippen molar-refractivity contribution in [3.8, 4) is 0 Å². The summed E-state index contributed by atoms with van der Waals surface area (Å²) < 4.78 is 0. The van der Waals surface area contributed by atoms with E-state index in [0.717, 1.165) is 29.8 Å². The van der Waals surface area contributed by atoms with Gasteiger partial charge < -0.3 is 4.90 Å². The lowest BCUT2D eigenvalue weighted by Gasteiger charge is -2.18. The molecule has 0 atom stereocenters. The predicted octanol–water partition coefficient (Wildman–Crippen LogP) is 2.59. The predicted molar refractivity (Wildman–Crippen MR) is 70.8 cm³/mol. The van der Waals surface area contributed by atoms with E-state index in [-0.39, 0.29) is 5.91 Å². The molecular weight excluding hydrogens is 224 g/mol. The Morgan fingerprint density at radius 2 is 2.11 bits per heavy atom. The number of anilines is 1. The van der Waals surface area contributed by atoms with Gasteiger partial charge in [0.15, 0.2) is 0 Å². The third-order valence-electron chi connectivity index (χ3n) is 3.38. The van der Waals surface area contributed by atoms with Gasteiger partial charge >= 0.3 is 0 Å². The van der Waals surface area contributed by atoms with Gasteiger partial charge in [-0.15, -0.1) is 0 Å². The Hall–Kier alpha value is -2.16. The van der Waals surface area contributed by atoms with Gasteiger partial charge in [-0.25, -0.2) is 0 Å². The summed E-state index contributed by atoms with van der Waals surface area (Å²) in [6.07, 6.45) is 4.34. The Morgan fingerprint density at radius 1 is 1.28 bits per heavy atom. The van der Waals surface area contributed by atoms with Crippen molar-refractivity contribution in [1.29, 1.82) is 0 Å². The third-order valence-corrected chi connectivity index (χ3v) is 3.38. The quantitative estimate of drug-likeness (QED) is 0.765. The van der Waals surface area contributed by atoms with Crippen molar-refractivity contribution in [3.05, 3.63) is 59.4 Å². The highest BCUT2D eigenvalue weighted by Crippen LogP contribution is 2.29. The average Bonchev–Trinajstić information content (AvgIpc) is 2.82. The van der Waals surface area contributed by atoms with Crippen molar-refractivity contribution in [2.75, 3.05) is 11.4 Å². The lowest BCUT2D eigenvalue weighted by molar-refractivity contribution is 0.0988. The summed E-state index contributed by atoms with van der Waals surface area (Å²) in [6, 6.07) is 9.88. The summed E-state index contributed by atoms with van der Waals surface area (Å²) in [5, 5.41) is 0. The number of rotatable bonds is 1. The van der Waals surface area contributed by atoms with Gasteiger partial charge in [-0.1, -0.05) is 18.2 Å². The van der Waals surface area contributed by atoms with Crippen LogP contribution in [0.4, 0.5) is 5.69 Å². The van der Waals surface area contributed by atoms with Crippen LogP contribution in [-0.2, 0) is 6.42 Å². The van der Waals surface area contributed by atoms with Crippen LogP contribution in [0, 0.1) is 6.92 Å². The molecule has 18 heavy (non-hydrogen) atoms. The second-order valence-electron chi connectivity index (χ2n) is 4.53. The molecule has 90 valence electrons. The summed E-state index contributed by atoms with van der Waals surface area (Å²) in [5.41, 5.74) is 3.95. The monoisotopic (exact) mass is 238 g/mol. The number of benzene rings is 1. The second kappa shape index (κ2) is 4.26. The fourth-order valence-electron chi connectivity index (χ4n) is 2.41. The smallest absolute Gasteiger partial charge is 0.258 e. The molecule has 1 aliphatic heterocycles. The highest BCUT2D eigenvalue weighted by atomic mass is 16.2. The Morgan fingerprint density at radius 3 is 2.94 bits per heavy atom. The first kappa shape index (κ1) is 11.0. The van der Waals surface area contributed by atoms with Crippen molar-refractivity contribution < 1.29 is 4.79 Å². The van der Waals surface area contributed by atoms with Crippen molar-refractivity contribution in [2.45, 2.75) is 13.3 Å². The Balaban J connectivity index is 1.99. The molecule has 0 aliphatic carbocycles. The number of aryl methyl sites for hydroxylation is 1. The van der Waals surface area contributed by atoms with Gasteiger partial charge in [-0.2, -0.15) is 0 Å². The molecule has 1 amide bonds. The van der Waals surface area contributed by atoms with Crippen LogP contribution >= 0.6 is 0 Å². The van der Waals surface area contributed by atoms with E-state index >= 15 is 0 Å². The lowest BCUT2D eigenvalue weighted by Crippen LogP contribution is -2.29. The minimum atomic E-state index is 0.0693. The number of nitrogens with zero attached hydrogens (tertiary/aromatic N) is 2. The first-order valence-electron chi connectivity index (χ1n) is 6.08. The highest BCUT2D eigenvalue weighted by Gasteiger charge is 2.25. The van der Waals surface area contributed by atoms with Gasteiger partial charge in [0.25, 0.3) is 5.91 Å². The van der Waals surface area contributed by atoms with Crippen molar-refractivity contribution in [2.24, 2.45) is 0 Å². The van der Waals surface area contributed by atoms with E-state index in [9.17, 15) is 4.79 Å². The molecule has 2 heterocycles. The van der Waals surface area contributed by atoms with Crippen LogP contribution in [-0.4, -0.2) is 17.4 Å². The molecule has 0 saturated heterocycles. The van der Waals surface area contributed by atoms with Gasteiger partial charge in [-0.3, -0.25) is 9.78 Å². The van der Waals surface area contributed by atoms with Gasteiger partial charge in [0, 0.05) is 30.2 Å². The van der Waals surface area contributed by atoms with Crippen LogP contribution in [0.25, 0.3) is 0 Å². The van der Waals surface area contributed by atoms with Crippen LogP contribution < -0.4 is 4.90 Å². The average molecular weight is 238 g/mol. The zero-order valence-electron chi connectivity index (χ0n) is 10.3. The number of hydrogen-bond acceptors (Lipinski definition) is 2. The van der Waals surface area contributed by atoms with E-state index in [4.69, 9.17) is 0 Å². The second-order valence-corrected chi connectivity index (χ2v) is 4.53. The van der Waals surface area contributed by atoms with Crippen LogP contribution in [0.1, 0.15) is 21.5 Å². The first-order valence-corrected chi connectivity index (χ1v) is 6.08. The zero-order chi connectivity index (χ0) is 12.5. The van der Waals surface area contributed by atoms with Gasteiger partial charge in [0.05, 0.1) is 0 Å². The van der Waals surface area contributed by atoms with Crippen LogP contribution in [0.3, 0.4) is 0 Å². The SMILES string of the molecule is Cc1cnccc1C(=O)N1CCc2ccccc21. The van der Waals surface area contributed by atoms with E-state index in [1.807, 2.05) is 30.0 Å². The number of hydrogen-bond donors (Lipinski definition) is 0. The molecule has 0 N–H and O–H groups in total. The first-order chi connectivity index (χ1) is 8.77. The number of amides is 1. The fourth-order valence-corrected chi connectivity index (χ4v) is 2.41. The molecule has 3 heteroatoms. The number of fused-ring (bicyclic) bond motifs is 1. The van der Waals surface area contributed by atoms with E-state index < -0.39 is 0 Å². The standard InChI is InChI=1S/C15H14N2O/c1-11-10-16-8-6-13(11)15(18)17-9-7-12-4-2-3-5-14(12)17/h2-6,8,10H,7,9H2,1H3. The van der Waals surface area contributed by atoms with Crippen molar-refractivity contribution in [1.82, 2.24) is 4.98 Å². The highest BCUT2D eigenvalue weighted by molar-refractivity contribution is 6.08. The summed E-state index contributed by atoms with van der Waals surface area (Å²) in [4.78, 5) is 18.4. The zero-order valence-corrected chi connectivity index (χ0v) is 10.3. The minimum absolute atomic E-state index is 0.0693. The van der Waals surface area contributed by atoms with Crippen LogP contribution in [0.2, 0.25) is 0 Å². The molecule has 0 spiro atoms. The van der Waals surface area contributed by atoms with Gasteiger partial charge in [-0.05, 0) is 36.6 Å². The van der Waals surface area contributed by atoms with Gasteiger partial charge in [0.1, 0.15) is 0 Å². The molecule has 3 rings (SSSR count). The molecule has 1 aliphatic rings. The molecule has 0 saturated carbocycles. The van der Waals surface area contributed by atoms with Gasteiger partial charge in [0.2, 0.25) is 0 Å². The minimum Gasteiger partial charge on any atom is -0.308 e. The maximum Gasteiger partial charge on any atom is 0.258 e. The van der Waals surface area contributed by atoms with E-state index in [2.05, 4.69) is 11.1 Å². The Kier molecular flexibility index (Phi) is 2.59. The van der Waals surface area contributed by atoms with E-state index in [0.29, 0.717) is 0 Å². The summed E-state index contributed by atoms with van der Waals surface area (Å²) >= 11 is 0. The van der Waals surface area contributed by atoms with E-state index in [1.165, 1.54) is 5.56 Å². The van der Waals surface area contributed by atoms with Crippen molar-refractivity contribution in [3.63, 3.8) is 0 Å². The molecule has 0 radical (unpaired) electrons. The maximum absolute atomic E-state index is 12.5. The molecule has 0 unspecified atom stereocenters. The third kappa shape index (κ3) is 1.68. The lowest BCUT2D eigenvalue weighted by atomic mass is 10.1.